The topological polar surface area (TPSA) is 43.8 Å². The monoisotopic (exact) mass is 310 g/mol. The van der Waals surface area contributed by atoms with E-state index < -0.39 is 0 Å². The molecule has 0 radical (unpaired) electrons. The smallest absolute Gasteiger partial charge is 0.253 e. The summed E-state index contributed by atoms with van der Waals surface area (Å²) in [4.78, 5) is 16.7. The third-order valence-corrected chi connectivity index (χ3v) is 4.39. The van der Waals surface area contributed by atoms with E-state index in [9.17, 15) is 9.90 Å². The van der Waals surface area contributed by atoms with Gasteiger partial charge in [0.1, 0.15) is 5.75 Å². The first-order chi connectivity index (χ1) is 11.0. The number of carbonyl (C=O) groups is 1. The quantitative estimate of drug-likeness (QED) is 0.927. The number of anilines is 1. The van der Waals surface area contributed by atoms with Crippen molar-refractivity contribution in [2.75, 3.05) is 31.1 Å². The first kappa shape index (κ1) is 15.4. The molecular weight excluding hydrogens is 288 g/mol. The van der Waals surface area contributed by atoms with Gasteiger partial charge in [-0.25, -0.2) is 0 Å². The Morgan fingerprint density at radius 2 is 1.61 bits per heavy atom. The van der Waals surface area contributed by atoms with Crippen LogP contribution in [0.1, 0.15) is 21.5 Å². The third kappa shape index (κ3) is 3.31. The summed E-state index contributed by atoms with van der Waals surface area (Å²) in [6, 6.07) is 13.0. The summed E-state index contributed by atoms with van der Waals surface area (Å²) < 4.78 is 0. The molecule has 1 saturated heterocycles. The Bertz CT molecular complexity index is 702. The molecule has 1 heterocycles. The van der Waals surface area contributed by atoms with Crippen LogP contribution in [-0.2, 0) is 0 Å². The van der Waals surface area contributed by atoms with E-state index in [4.69, 9.17) is 0 Å². The van der Waals surface area contributed by atoms with E-state index in [-0.39, 0.29) is 11.7 Å². The lowest BCUT2D eigenvalue weighted by atomic mass is 10.1. The summed E-state index contributed by atoms with van der Waals surface area (Å²) in [6.07, 6.45) is 0. The molecule has 2 aromatic rings. The predicted molar refractivity (Wildman–Crippen MR) is 92.1 cm³/mol. The Balaban J connectivity index is 1.67. The first-order valence-electron chi connectivity index (χ1n) is 7.95. The molecule has 0 aliphatic carbocycles. The number of nitrogens with zero attached hydrogens (tertiary/aromatic N) is 2. The van der Waals surface area contributed by atoms with Crippen LogP contribution in [-0.4, -0.2) is 42.1 Å². The Hall–Kier alpha value is -2.49. The fourth-order valence-corrected chi connectivity index (χ4v) is 3.00. The molecule has 2 aromatic carbocycles. The van der Waals surface area contributed by atoms with E-state index in [1.807, 2.05) is 4.90 Å². The van der Waals surface area contributed by atoms with Gasteiger partial charge in [-0.15, -0.1) is 0 Å². The lowest BCUT2D eigenvalue weighted by Gasteiger charge is -2.37. The molecule has 1 fully saturated rings. The first-order valence-corrected chi connectivity index (χ1v) is 7.95. The van der Waals surface area contributed by atoms with Crippen LogP contribution < -0.4 is 4.90 Å². The molecule has 0 unspecified atom stereocenters. The van der Waals surface area contributed by atoms with Gasteiger partial charge in [0.15, 0.2) is 0 Å². The highest BCUT2D eigenvalue weighted by Gasteiger charge is 2.23. The summed E-state index contributed by atoms with van der Waals surface area (Å²) in [5.74, 6) is 0.215. The minimum atomic E-state index is 0.0330. The van der Waals surface area contributed by atoms with Crippen molar-refractivity contribution >= 4 is 11.6 Å². The number of phenols is 1. The van der Waals surface area contributed by atoms with Crippen molar-refractivity contribution in [3.8, 4) is 5.75 Å². The maximum Gasteiger partial charge on any atom is 0.253 e. The van der Waals surface area contributed by atoms with Crippen molar-refractivity contribution in [3.63, 3.8) is 0 Å². The van der Waals surface area contributed by atoms with Crippen molar-refractivity contribution in [2.24, 2.45) is 0 Å². The predicted octanol–water partition coefficient (Wildman–Crippen LogP) is 2.97. The number of piperazine rings is 1. The highest BCUT2D eigenvalue weighted by atomic mass is 16.3. The minimum Gasteiger partial charge on any atom is -0.508 e. The standard InChI is InChI=1S/C19H22N2O2/c1-14-3-4-15(2)18(13-14)20-9-11-21(12-10-20)19(23)16-5-7-17(22)8-6-16/h3-8,13,22H,9-12H2,1-2H3. The highest BCUT2D eigenvalue weighted by Crippen LogP contribution is 2.23. The summed E-state index contributed by atoms with van der Waals surface area (Å²) >= 11 is 0. The van der Waals surface area contributed by atoms with Crippen LogP contribution in [0.3, 0.4) is 0 Å². The molecule has 1 aliphatic rings. The Kier molecular flexibility index (Phi) is 4.24. The fourth-order valence-electron chi connectivity index (χ4n) is 3.00. The number of rotatable bonds is 2. The average Bonchev–Trinajstić information content (AvgIpc) is 2.57. The molecule has 23 heavy (non-hydrogen) atoms. The van der Waals surface area contributed by atoms with Crippen LogP contribution in [0.15, 0.2) is 42.5 Å². The van der Waals surface area contributed by atoms with E-state index in [1.165, 1.54) is 16.8 Å². The van der Waals surface area contributed by atoms with E-state index in [0.29, 0.717) is 18.7 Å². The molecule has 0 aromatic heterocycles. The normalized spacial score (nSPS) is 14.9. The summed E-state index contributed by atoms with van der Waals surface area (Å²) in [6.45, 7) is 7.35. The molecule has 4 heteroatoms. The van der Waals surface area contributed by atoms with Gasteiger partial charge in [-0.1, -0.05) is 12.1 Å². The minimum absolute atomic E-state index is 0.0330. The van der Waals surface area contributed by atoms with Crippen molar-refractivity contribution in [3.05, 3.63) is 59.2 Å². The molecule has 1 aliphatic heterocycles. The number of aryl methyl sites for hydroxylation is 2. The molecule has 120 valence electrons. The number of benzene rings is 2. The Morgan fingerprint density at radius 3 is 2.26 bits per heavy atom. The molecule has 4 nitrogen and oxygen atoms in total. The third-order valence-electron chi connectivity index (χ3n) is 4.39. The molecule has 0 bridgehead atoms. The van der Waals surface area contributed by atoms with Gasteiger partial charge in [-0.2, -0.15) is 0 Å². The Morgan fingerprint density at radius 1 is 0.957 bits per heavy atom. The maximum atomic E-state index is 12.5. The van der Waals surface area contributed by atoms with Crippen LogP contribution in [0.4, 0.5) is 5.69 Å². The van der Waals surface area contributed by atoms with Crippen LogP contribution in [0, 0.1) is 13.8 Å². The van der Waals surface area contributed by atoms with Crippen molar-refractivity contribution in [1.82, 2.24) is 4.90 Å². The zero-order valence-corrected chi connectivity index (χ0v) is 13.6. The number of amides is 1. The fraction of sp³-hybridized carbons (Fsp3) is 0.316. The van der Waals surface area contributed by atoms with Gasteiger partial charge in [-0.05, 0) is 55.3 Å². The molecule has 0 spiro atoms. The van der Waals surface area contributed by atoms with Gasteiger partial charge < -0.3 is 14.9 Å². The van der Waals surface area contributed by atoms with Gasteiger partial charge in [-0.3, -0.25) is 4.79 Å². The summed E-state index contributed by atoms with van der Waals surface area (Å²) in [5, 5.41) is 9.33. The average molecular weight is 310 g/mol. The maximum absolute atomic E-state index is 12.5. The van der Waals surface area contributed by atoms with Gasteiger partial charge in [0.2, 0.25) is 0 Å². The largest absolute Gasteiger partial charge is 0.508 e. The van der Waals surface area contributed by atoms with Crippen molar-refractivity contribution in [2.45, 2.75) is 13.8 Å². The summed E-state index contributed by atoms with van der Waals surface area (Å²) in [7, 11) is 0. The number of hydrogen-bond donors (Lipinski definition) is 1. The van der Waals surface area contributed by atoms with E-state index >= 15 is 0 Å². The second-order valence-electron chi connectivity index (χ2n) is 6.12. The second-order valence-corrected chi connectivity index (χ2v) is 6.12. The molecular formula is C19H22N2O2. The van der Waals surface area contributed by atoms with Crippen molar-refractivity contribution in [1.29, 1.82) is 0 Å². The molecule has 1 N–H and O–H groups in total. The second kappa shape index (κ2) is 6.32. The number of carbonyl (C=O) groups excluding carboxylic acids is 1. The zero-order valence-electron chi connectivity index (χ0n) is 13.6. The van der Waals surface area contributed by atoms with Crippen LogP contribution in [0.5, 0.6) is 5.75 Å². The van der Waals surface area contributed by atoms with Gasteiger partial charge in [0.05, 0.1) is 0 Å². The van der Waals surface area contributed by atoms with E-state index in [1.54, 1.807) is 24.3 Å². The lowest BCUT2D eigenvalue weighted by Crippen LogP contribution is -2.49. The molecule has 1 amide bonds. The SMILES string of the molecule is Cc1ccc(C)c(N2CCN(C(=O)c3ccc(O)cc3)CC2)c1. The molecule has 0 atom stereocenters. The van der Waals surface area contributed by atoms with E-state index in [2.05, 4.69) is 36.9 Å². The number of hydrogen-bond acceptors (Lipinski definition) is 3. The highest BCUT2D eigenvalue weighted by molar-refractivity contribution is 5.94. The molecule has 3 rings (SSSR count). The van der Waals surface area contributed by atoms with Gasteiger partial charge in [0.25, 0.3) is 5.91 Å². The van der Waals surface area contributed by atoms with Crippen LogP contribution in [0.2, 0.25) is 0 Å². The number of phenolic OH excluding ortho intramolecular Hbond substituents is 1. The van der Waals surface area contributed by atoms with Crippen LogP contribution in [0.25, 0.3) is 0 Å². The van der Waals surface area contributed by atoms with Gasteiger partial charge in [0, 0.05) is 37.4 Å². The van der Waals surface area contributed by atoms with E-state index in [0.717, 1.165) is 13.1 Å². The zero-order chi connectivity index (χ0) is 16.4. The van der Waals surface area contributed by atoms with Crippen LogP contribution >= 0.6 is 0 Å². The van der Waals surface area contributed by atoms with Gasteiger partial charge >= 0.3 is 0 Å². The molecule has 0 saturated carbocycles. The lowest BCUT2D eigenvalue weighted by molar-refractivity contribution is 0.0747. The number of aromatic hydroxyl groups is 1. The Labute approximate surface area is 137 Å². The van der Waals surface area contributed by atoms with Crippen molar-refractivity contribution < 1.29 is 9.90 Å². The summed E-state index contributed by atoms with van der Waals surface area (Å²) in [5.41, 5.74) is 4.42.